The van der Waals surface area contributed by atoms with E-state index in [0.29, 0.717) is 30.2 Å². The molecule has 0 radical (unpaired) electrons. The van der Waals surface area contributed by atoms with Crippen molar-refractivity contribution < 1.29 is 19.0 Å². The molecule has 0 fully saturated rings. The minimum atomic E-state index is -0.138. The number of likely N-dealkylation sites (N-methyl/N-ethyl adjacent to an activating group) is 1. The quantitative estimate of drug-likeness (QED) is 0.827. The van der Waals surface area contributed by atoms with Crippen molar-refractivity contribution in [2.75, 3.05) is 34.0 Å². The molecule has 0 saturated carbocycles. The molecule has 0 bridgehead atoms. The lowest BCUT2D eigenvalue weighted by Gasteiger charge is -2.25. The van der Waals surface area contributed by atoms with Gasteiger partial charge in [-0.2, -0.15) is 0 Å². The minimum Gasteiger partial charge on any atom is -0.494 e. The van der Waals surface area contributed by atoms with Gasteiger partial charge in [0, 0.05) is 12.1 Å². The second kappa shape index (κ2) is 8.10. The third kappa shape index (κ3) is 4.08. The number of amides is 1. The molecule has 0 saturated heterocycles. The number of fused-ring (bicyclic) bond motifs is 1. The van der Waals surface area contributed by atoms with Gasteiger partial charge in [-0.1, -0.05) is 12.1 Å². The molecule has 6 heteroatoms. The molecule has 1 unspecified atom stereocenters. The topological polar surface area (TPSA) is 60.0 Å². The van der Waals surface area contributed by atoms with Crippen LogP contribution in [0, 0.1) is 0 Å². The largest absolute Gasteiger partial charge is 0.494 e. The summed E-state index contributed by atoms with van der Waals surface area (Å²) < 4.78 is 16.1. The van der Waals surface area contributed by atoms with Gasteiger partial charge >= 0.3 is 0 Å². The SMILES string of the molecule is CCOc1ccc(C(CNC(=O)c2ccc3c(c2)OCO3)N(C)C)cc1. The summed E-state index contributed by atoms with van der Waals surface area (Å²) in [6.07, 6.45) is 0. The van der Waals surface area contributed by atoms with E-state index >= 15 is 0 Å². The molecular weight excluding hydrogens is 332 g/mol. The second-order valence-electron chi connectivity index (χ2n) is 6.26. The van der Waals surface area contributed by atoms with Crippen molar-refractivity contribution in [1.82, 2.24) is 10.2 Å². The lowest BCUT2D eigenvalue weighted by molar-refractivity contribution is 0.0941. The minimum absolute atomic E-state index is 0.0589. The lowest BCUT2D eigenvalue weighted by atomic mass is 10.1. The highest BCUT2D eigenvalue weighted by Crippen LogP contribution is 2.32. The molecule has 2 aromatic rings. The molecule has 1 aliphatic rings. The third-order valence-corrected chi connectivity index (χ3v) is 4.29. The molecule has 1 aliphatic heterocycles. The number of nitrogens with one attached hydrogen (secondary N) is 1. The van der Waals surface area contributed by atoms with Crippen LogP contribution in [0.3, 0.4) is 0 Å². The Hall–Kier alpha value is -2.73. The molecule has 1 N–H and O–H groups in total. The predicted molar refractivity (Wildman–Crippen MR) is 98.9 cm³/mol. The van der Waals surface area contributed by atoms with E-state index in [2.05, 4.69) is 10.2 Å². The van der Waals surface area contributed by atoms with Crippen LogP contribution < -0.4 is 19.5 Å². The molecule has 1 atom stereocenters. The number of rotatable bonds is 7. The highest BCUT2D eigenvalue weighted by atomic mass is 16.7. The summed E-state index contributed by atoms with van der Waals surface area (Å²) >= 11 is 0. The molecule has 1 heterocycles. The molecule has 6 nitrogen and oxygen atoms in total. The van der Waals surface area contributed by atoms with Crippen molar-refractivity contribution >= 4 is 5.91 Å². The number of hydrogen-bond donors (Lipinski definition) is 1. The number of carbonyl (C=O) groups excluding carboxylic acids is 1. The van der Waals surface area contributed by atoms with Crippen molar-refractivity contribution in [2.45, 2.75) is 13.0 Å². The molecule has 2 aromatic carbocycles. The fraction of sp³-hybridized carbons (Fsp3) is 0.350. The van der Waals surface area contributed by atoms with Crippen LogP contribution in [0.15, 0.2) is 42.5 Å². The maximum Gasteiger partial charge on any atom is 0.251 e. The standard InChI is InChI=1S/C20H24N2O4/c1-4-24-16-8-5-14(6-9-16)17(22(2)3)12-21-20(23)15-7-10-18-19(11-15)26-13-25-18/h5-11,17H,4,12-13H2,1-3H3,(H,21,23). The second-order valence-corrected chi connectivity index (χ2v) is 6.26. The van der Waals surface area contributed by atoms with Crippen molar-refractivity contribution in [3.05, 3.63) is 53.6 Å². The summed E-state index contributed by atoms with van der Waals surface area (Å²) in [5, 5.41) is 3.00. The van der Waals surface area contributed by atoms with E-state index in [1.807, 2.05) is 45.3 Å². The van der Waals surface area contributed by atoms with Gasteiger partial charge in [-0.05, 0) is 56.9 Å². The predicted octanol–water partition coefficient (Wildman–Crippen LogP) is 2.85. The van der Waals surface area contributed by atoms with E-state index in [1.54, 1.807) is 18.2 Å². The number of hydrogen-bond acceptors (Lipinski definition) is 5. The van der Waals surface area contributed by atoms with E-state index in [-0.39, 0.29) is 18.7 Å². The van der Waals surface area contributed by atoms with Gasteiger partial charge in [0.15, 0.2) is 11.5 Å². The van der Waals surface area contributed by atoms with E-state index in [4.69, 9.17) is 14.2 Å². The van der Waals surface area contributed by atoms with Crippen LogP contribution >= 0.6 is 0 Å². The summed E-state index contributed by atoms with van der Waals surface area (Å²) in [5.74, 6) is 1.98. The molecule has 0 aromatic heterocycles. The average Bonchev–Trinajstić information content (AvgIpc) is 3.10. The zero-order chi connectivity index (χ0) is 18.5. The lowest BCUT2D eigenvalue weighted by Crippen LogP contribution is -2.34. The Balaban J connectivity index is 1.65. The van der Waals surface area contributed by atoms with Crippen LogP contribution in [0.5, 0.6) is 17.2 Å². The molecular formula is C20H24N2O4. The van der Waals surface area contributed by atoms with Crippen LogP contribution in [0.25, 0.3) is 0 Å². The van der Waals surface area contributed by atoms with E-state index in [0.717, 1.165) is 11.3 Å². The number of nitrogens with zero attached hydrogens (tertiary/aromatic N) is 1. The van der Waals surface area contributed by atoms with E-state index in [1.165, 1.54) is 0 Å². The highest BCUT2D eigenvalue weighted by Gasteiger charge is 2.19. The Labute approximate surface area is 153 Å². The molecule has 0 spiro atoms. The fourth-order valence-corrected chi connectivity index (χ4v) is 2.88. The van der Waals surface area contributed by atoms with Gasteiger partial charge in [0.2, 0.25) is 6.79 Å². The first-order valence-corrected chi connectivity index (χ1v) is 8.65. The molecule has 138 valence electrons. The van der Waals surface area contributed by atoms with Crippen LogP contribution in [0.2, 0.25) is 0 Å². The highest BCUT2D eigenvalue weighted by molar-refractivity contribution is 5.94. The third-order valence-electron chi connectivity index (χ3n) is 4.29. The summed E-state index contributed by atoms with van der Waals surface area (Å²) in [5.41, 5.74) is 1.67. The van der Waals surface area contributed by atoms with Gasteiger partial charge < -0.3 is 24.4 Å². The average molecular weight is 356 g/mol. The monoisotopic (exact) mass is 356 g/mol. The Morgan fingerprint density at radius 3 is 2.58 bits per heavy atom. The van der Waals surface area contributed by atoms with Crippen molar-refractivity contribution in [3.63, 3.8) is 0 Å². The van der Waals surface area contributed by atoms with Crippen LogP contribution in [0.1, 0.15) is 28.9 Å². The van der Waals surface area contributed by atoms with Gasteiger partial charge in [-0.15, -0.1) is 0 Å². The zero-order valence-corrected chi connectivity index (χ0v) is 15.3. The summed E-state index contributed by atoms with van der Waals surface area (Å²) in [4.78, 5) is 14.6. The zero-order valence-electron chi connectivity index (χ0n) is 15.3. The van der Waals surface area contributed by atoms with Crippen LogP contribution in [-0.2, 0) is 0 Å². The number of benzene rings is 2. The maximum absolute atomic E-state index is 12.5. The summed E-state index contributed by atoms with van der Waals surface area (Å²) in [6, 6.07) is 13.2. The number of ether oxygens (including phenoxy) is 3. The number of carbonyl (C=O) groups is 1. The summed E-state index contributed by atoms with van der Waals surface area (Å²) in [7, 11) is 3.99. The van der Waals surface area contributed by atoms with Gasteiger partial charge in [-0.3, -0.25) is 4.79 Å². The smallest absolute Gasteiger partial charge is 0.251 e. The maximum atomic E-state index is 12.5. The van der Waals surface area contributed by atoms with Crippen molar-refractivity contribution in [1.29, 1.82) is 0 Å². The van der Waals surface area contributed by atoms with Gasteiger partial charge in [0.05, 0.1) is 12.6 Å². The first-order valence-electron chi connectivity index (χ1n) is 8.65. The Morgan fingerprint density at radius 2 is 1.88 bits per heavy atom. The van der Waals surface area contributed by atoms with E-state index in [9.17, 15) is 4.79 Å². The van der Waals surface area contributed by atoms with E-state index < -0.39 is 0 Å². The molecule has 0 aliphatic carbocycles. The van der Waals surface area contributed by atoms with Gasteiger partial charge in [-0.25, -0.2) is 0 Å². The Kier molecular flexibility index (Phi) is 5.63. The van der Waals surface area contributed by atoms with Crippen molar-refractivity contribution in [3.8, 4) is 17.2 Å². The Bertz CT molecular complexity index is 759. The summed E-state index contributed by atoms with van der Waals surface area (Å²) in [6.45, 7) is 3.29. The Morgan fingerprint density at radius 1 is 1.15 bits per heavy atom. The molecule has 1 amide bonds. The fourth-order valence-electron chi connectivity index (χ4n) is 2.88. The normalized spacial score (nSPS) is 13.5. The molecule has 3 rings (SSSR count). The van der Waals surface area contributed by atoms with Crippen LogP contribution in [-0.4, -0.2) is 44.8 Å². The first-order chi connectivity index (χ1) is 12.6. The van der Waals surface area contributed by atoms with Gasteiger partial charge in [0.1, 0.15) is 5.75 Å². The van der Waals surface area contributed by atoms with Crippen molar-refractivity contribution in [2.24, 2.45) is 0 Å². The molecule has 26 heavy (non-hydrogen) atoms. The van der Waals surface area contributed by atoms with Crippen LogP contribution in [0.4, 0.5) is 0 Å². The van der Waals surface area contributed by atoms with Gasteiger partial charge in [0.25, 0.3) is 5.91 Å². The first kappa shape index (κ1) is 18.1.